The molecule has 0 aliphatic heterocycles. The smallest absolute Gasteiger partial charge is 0.335 e. The molecule has 1 aromatic rings. The van der Waals surface area contributed by atoms with Crippen molar-refractivity contribution in [3.8, 4) is 0 Å². The number of aliphatic carboxylic acids is 1. The lowest BCUT2D eigenvalue weighted by atomic mass is 9.62. The number of aromatic carboxylic acids is 1. The van der Waals surface area contributed by atoms with Gasteiger partial charge in [-0.05, 0) is 17.7 Å². The van der Waals surface area contributed by atoms with Gasteiger partial charge in [0, 0.05) is 12.8 Å². The number of carboxylic acid groups (broad SMARTS) is 2. The van der Waals surface area contributed by atoms with Crippen LogP contribution in [0.4, 0.5) is 8.78 Å². The van der Waals surface area contributed by atoms with Crippen LogP contribution in [0, 0.1) is 0 Å². The van der Waals surface area contributed by atoms with Crippen LogP contribution in [0.1, 0.15) is 28.8 Å². The highest BCUT2D eigenvalue weighted by atomic mass is 19.3. The minimum absolute atomic E-state index is 0.00891. The second kappa shape index (κ2) is 3.76. The summed E-state index contributed by atoms with van der Waals surface area (Å²) in [5.41, 5.74) is -1.39. The van der Waals surface area contributed by atoms with Gasteiger partial charge in [0.05, 0.1) is 5.56 Å². The number of rotatable bonds is 3. The van der Waals surface area contributed by atoms with Crippen molar-refractivity contribution in [3.63, 3.8) is 0 Å². The summed E-state index contributed by atoms with van der Waals surface area (Å²) in [5.74, 6) is -5.43. The molecule has 0 unspecified atom stereocenters. The van der Waals surface area contributed by atoms with Gasteiger partial charge in [-0.1, -0.05) is 12.1 Å². The SMILES string of the molecule is O=C(O)c1ccc(C2(C(=O)O)CC(F)(F)C2)cc1. The Balaban J connectivity index is 2.34. The molecule has 0 heterocycles. The molecule has 1 aliphatic rings. The fourth-order valence-corrected chi connectivity index (χ4v) is 2.24. The second-order valence-corrected chi connectivity index (χ2v) is 4.48. The molecular formula is C12H10F2O4. The zero-order chi connectivity index (χ0) is 13.6. The third kappa shape index (κ3) is 1.83. The highest BCUT2D eigenvalue weighted by molar-refractivity contribution is 5.88. The first-order valence-corrected chi connectivity index (χ1v) is 5.22. The van der Waals surface area contributed by atoms with Gasteiger partial charge in [0.1, 0.15) is 5.41 Å². The van der Waals surface area contributed by atoms with E-state index < -0.39 is 36.1 Å². The Morgan fingerprint density at radius 3 is 1.89 bits per heavy atom. The molecule has 0 radical (unpaired) electrons. The van der Waals surface area contributed by atoms with Gasteiger partial charge in [-0.15, -0.1) is 0 Å². The van der Waals surface area contributed by atoms with E-state index in [0.29, 0.717) is 0 Å². The number of halogens is 2. The van der Waals surface area contributed by atoms with Gasteiger partial charge in [0.2, 0.25) is 0 Å². The van der Waals surface area contributed by atoms with E-state index in [0.717, 1.165) is 0 Å². The van der Waals surface area contributed by atoms with Crippen molar-refractivity contribution < 1.29 is 28.6 Å². The van der Waals surface area contributed by atoms with Crippen molar-refractivity contribution in [1.82, 2.24) is 0 Å². The second-order valence-electron chi connectivity index (χ2n) is 4.48. The highest BCUT2D eigenvalue weighted by Gasteiger charge is 2.62. The topological polar surface area (TPSA) is 74.6 Å². The predicted octanol–water partition coefficient (Wildman–Crippen LogP) is 2.14. The van der Waals surface area contributed by atoms with E-state index in [9.17, 15) is 18.4 Å². The molecular weight excluding hydrogens is 246 g/mol. The van der Waals surface area contributed by atoms with E-state index in [4.69, 9.17) is 10.2 Å². The Bertz CT molecular complexity index is 499. The molecule has 1 fully saturated rings. The van der Waals surface area contributed by atoms with Crippen LogP contribution in [-0.2, 0) is 10.2 Å². The molecule has 0 spiro atoms. The summed E-state index contributed by atoms with van der Waals surface area (Å²) in [6.45, 7) is 0. The Morgan fingerprint density at radius 1 is 1.06 bits per heavy atom. The average molecular weight is 256 g/mol. The summed E-state index contributed by atoms with van der Waals surface area (Å²) in [4.78, 5) is 21.8. The number of alkyl halides is 2. The maximum atomic E-state index is 12.9. The number of carboxylic acids is 2. The van der Waals surface area contributed by atoms with Gasteiger partial charge in [-0.2, -0.15) is 0 Å². The van der Waals surface area contributed by atoms with Crippen molar-refractivity contribution in [3.05, 3.63) is 35.4 Å². The van der Waals surface area contributed by atoms with Gasteiger partial charge in [0.25, 0.3) is 5.92 Å². The molecule has 18 heavy (non-hydrogen) atoms. The molecule has 96 valence electrons. The molecule has 0 bridgehead atoms. The largest absolute Gasteiger partial charge is 0.481 e. The van der Waals surface area contributed by atoms with Crippen LogP contribution < -0.4 is 0 Å². The first-order chi connectivity index (χ1) is 8.27. The molecule has 0 saturated heterocycles. The molecule has 1 saturated carbocycles. The van der Waals surface area contributed by atoms with Gasteiger partial charge in [0.15, 0.2) is 0 Å². The van der Waals surface area contributed by atoms with Crippen molar-refractivity contribution >= 4 is 11.9 Å². The highest BCUT2D eigenvalue weighted by Crippen LogP contribution is 2.53. The number of hydrogen-bond acceptors (Lipinski definition) is 2. The van der Waals surface area contributed by atoms with Gasteiger partial charge in [-0.3, -0.25) is 4.79 Å². The summed E-state index contributed by atoms with van der Waals surface area (Å²) in [5, 5.41) is 17.8. The molecule has 0 atom stereocenters. The van der Waals surface area contributed by atoms with Crippen LogP contribution in [0.2, 0.25) is 0 Å². The Labute approximate surface area is 101 Å². The minimum Gasteiger partial charge on any atom is -0.481 e. The first-order valence-electron chi connectivity index (χ1n) is 5.22. The summed E-state index contributed by atoms with van der Waals surface area (Å²) >= 11 is 0. The fourth-order valence-electron chi connectivity index (χ4n) is 2.24. The van der Waals surface area contributed by atoms with Crippen LogP contribution in [0.15, 0.2) is 24.3 Å². The standard InChI is InChI=1S/C12H10F2O4/c13-12(14)5-11(6-12,10(17)18)8-3-1-7(2-4-8)9(15)16/h1-4H,5-6H2,(H,15,16)(H,17,18). The van der Waals surface area contributed by atoms with Crippen LogP contribution in [0.5, 0.6) is 0 Å². The molecule has 6 heteroatoms. The Hall–Kier alpha value is -1.98. The molecule has 0 aromatic heterocycles. The van der Waals surface area contributed by atoms with Crippen LogP contribution in [0.25, 0.3) is 0 Å². The van der Waals surface area contributed by atoms with Gasteiger partial charge in [-0.25, -0.2) is 13.6 Å². The zero-order valence-corrected chi connectivity index (χ0v) is 9.19. The van der Waals surface area contributed by atoms with Crippen LogP contribution in [0.3, 0.4) is 0 Å². The fraction of sp³-hybridized carbons (Fsp3) is 0.333. The van der Waals surface area contributed by atoms with Crippen molar-refractivity contribution in [2.75, 3.05) is 0 Å². The summed E-state index contributed by atoms with van der Waals surface area (Å²) in [6, 6.07) is 5.01. The normalized spacial score (nSPS) is 19.9. The van der Waals surface area contributed by atoms with Crippen molar-refractivity contribution in [2.24, 2.45) is 0 Å². The van der Waals surface area contributed by atoms with E-state index in [2.05, 4.69) is 0 Å². The van der Waals surface area contributed by atoms with Gasteiger partial charge >= 0.3 is 11.9 Å². The molecule has 2 N–H and O–H groups in total. The molecule has 2 rings (SSSR count). The van der Waals surface area contributed by atoms with Crippen LogP contribution in [-0.4, -0.2) is 28.1 Å². The Morgan fingerprint density at radius 2 is 1.56 bits per heavy atom. The Kier molecular flexibility index (Phi) is 2.61. The van der Waals surface area contributed by atoms with E-state index in [1.807, 2.05) is 0 Å². The number of benzene rings is 1. The molecule has 1 aliphatic carbocycles. The monoisotopic (exact) mass is 256 g/mol. The molecule has 1 aromatic carbocycles. The van der Waals surface area contributed by atoms with Gasteiger partial charge < -0.3 is 10.2 Å². The maximum Gasteiger partial charge on any atom is 0.335 e. The van der Waals surface area contributed by atoms with E-state index >= 15 is 0 Å². The summed E-state index contributed by atoms with van der Waals surface area (Å²) < 4.78 is 25.9. The first kappa shape index (κ1) is 12.5. The third-order valence-electron chi connectivity index (χ3n) is 3.21. The average Bonchev–Trinajstić information content (AvgIpc) is 2.25. The van der Waals surface area contributed by atoms with E-state index in [1.54, 1.807) is 0 Å². The van der Waals surface area contributed by atoms with E-state index in [-0.39, 0.29) is 11.1 Å². The lowest BCUT2D eigenvalue weighted by molar-refractivity contribution is -0.174. The predicted molar refractivity (Wildman–Crippen MR) is 56.9 cm³/mol. The summed E-state index contributed by atoms with van der Waals surface area (Å²) in [6.07, 6.45) is -1.50. The maximum absolute atomic E-state index is 12.9. The lowest BCUT2D eigenvalue weighted by Gasteiger charge is -2.44. The zero-order valence-electron chi connectivity index (χ0n) is 9.19. The van der Waals surface area contributed by atoms with Crippen molar-refractivity contribution in [2.45, 2.75) is 24.2 Å². The van der Waals surface area contributed by atoms with Crippen molar-refractivity contribution in [1.29, 1.82) is 0 Å². The third-order valence-corrected chi connectivity index (χ3v) is 3.21. The molecule has 0 amide bonds. The van der Waals surface area contributed by atoms with E-state index in [1.165, 1.54) is 24.3 Å². The lowest BCUT2D eigenvalue weighted by Crippen LogP contribution is -2.54. The summed E-state index contributed by atoms with van der Waals surface area (Å²) in [7, 11) is 0. The number of hydrogen-bond donors (Lipinski definition) is 2. The quantitative estimate of drug-likeness (QED) is 0.868. The molecule has 4 nitrogen and oxygen atoms in total. The van der Waals surface area contributed by atoms with Crippen LogP contribution >= 0.6 is 0 Å². The number of carbonyl (C=O) groups is 2. The minimum atomic E-state index is -2.97.